The molecule has 0 saturated carbocycles. The predicted molar refractivity (Wildman–Crippen MR) is 66.2 cm³/mol. The van der Waals surface area contributed by atoms with Crippen LogP contribution < -0.4 is 0 Å². The Morgan fingerprint density at radius 1 is 1.28 bits per heavy atom. The molecule has 4 heteroatoms. The van der Waals surface area contributed by atoms with Crippen LogP contribution in [0.1, 0.15) is 41.6 Å². The number of rotatable bonds is 3. The van der Waals surface area contributed by atoms with Crippen molar-refractivity contribution in [2.24, 2.45) is 0 Å². The second-order valence-electron chi connectivity index (χ2n) is 4.58. The second kappa shape index (κ2) is 4.72. The Hall–Kier alpha value is -1.97. The smallest absolute Gasteiger partial charge is 0.260 e. The maximum absolute atomic E-state index is 12.1. The summed E-state index contributed by atoms with van der Waals surface area (Å²) in [5.41, 5.74) is 1.31. The number of ketones is 1. The lowest BCUT2D eigenvalue weighted by atomic mass is 9.85. The fraction of sp³-hybridized carbons (Fsp3) is 0.357. The van der Waals surface area contributed by atoms with Crippen LogP contribution in [0.15, 0.2) is 24.3 Å². The summed E-state index contributed by atoms with van der Waals surface area (Å²) >= 11 is 0. The Kier molecular flexibility index (Phi) is 3.28. The van der Waals surface area contributed by atoms with Gasteiger partial charge in [-0.2, -0.15) is 0 Å². The molecule has 1 unspecified atom stereocenters. The molecule has 2 amide bonds. The van der Waals surface area contributed by atoms with Crippen molar-refractivity contribution in [1.82, 2.24) is 4.90 Å². The highest BCUT2D eigenvalue weighted by molar-refractivity contribution is 6.11. The average Bonchev–Trinajstić information content (AvgIpc) is 2.36. The molecule has 0 spiro atoms. The zero-order valence-corrected chi connectivity index (χ0v) is 10.5. The first-order valence-corrected chi connectivity index (χ1v) is 5.92. The number of hydrogen-bond acceptors (Lipinski definition) is 3. The second-order valence-corrected chi connectivity index (χ2v) is 4.58. The zero-order valence-electron chi connectivity index (χ0n) is 10.5. The van der Waals surface area contributed by atoms with Crippen LogP contribution >= 0.6 is 0 Å². The summed E-state index contributed by atoms with van der Waals surface area (Å²) in [6.07, 6.45) is 0.815. The Labute approximate surface area is 106 Å². The number of carbonyl (C=O) groups excluding carboxylic acids is 3. The molecule has 4 nitrogen and oxygen atoms in total. The van der Waals surface area contributed by atoms with Gasteiger partial charge in [-0.15, -0.1) is 0 Å². The molecule has 18 heavy (non-hydrogen) atoms. The van der Waals surface area contributed by atoms with Gasteiger partial charge in [-0.3, -0.25) is 14.5 Å². The van der Waals surface area contributed by atoms with E-state index in [1.807, 2.05) is 6.07 Å². The number of benzene rings is 1. The standard InChI is InChI=1S/C14H15NO3/c1-9(16)7-8-12-10-5-3-4-6-11(10)13(17)15(2)14(12)18/h3-6,12H,7-8H2,1-2H3. The number of Topliss-reactive ketones (excluding diaryl/α,β-unsaturated/α-hetero) is 1. The van der Waals surface area contributed by atoms with E-state index >= 15 is 0 Å². The molecule has 1 aromatic carbocycles. The van der Waals surface area contributed by atoms with Crippen LogP contribution in [-0.4, -0.2) is 29.5 Å². The van der Waals surface area contributed by atoms with Crippen LogP contribution in [0.3, 0.4) is 0 Å². The van der Waals surface area contributed by atoms with Crippen molar-refractivity contribution in [3.05, 3.63) is 35.4 Å². The van der Waals surface area contributed by atoms with Gasteiger partial charge in [-0.25, -0.2) is 0 Å². The Morgan fingerprint density at radius 3 is 2.61 bits per heavy atom. The topological polar surface area (TPSA) is 54.5 Å². The molecule has 2 rings (SSSR count). The van der Waals surface area contributed by atoms with Gasteiger partial charge in [0.05, 0.1) is 5.92 Å². The lowest BCUT2D eigenvalue weighted by Gasteiger charge is -2.29. The first kappa shape index (κ1) is 12.5. The fourth-order valence-corrected chi connectivity index (χ4v) is 2.27. The van der Waals surface area contributed by atoms with Crippen LogP contribution in [0, 0.1) is 0 Å². The van der Waals surface area contributed by atoms with E-state index in [0.29, 0.717) is 18.4 Å². The third-order valence-corrected chi connectivity index (χ3v) is 3.28. The number of carbonyl (C=O) groups is 3. The summed E-state index contributed by atoms with van der Waals surface area (Å²) in [6.45, 7) is 1.51. The summed E-state index contributed by atoms with van der Waals surface area (Å²) in [4.78, 5) is 36.3. The number of fused-ring (bicyclic) bond motifs is 1. The molecule has 0 fully saturated rings. The maximum Gasteiger partial charge on any atom is 0.260 e. The summed E-state index contributed by atoms with van der Waals surface area (Å²) < 4.78 is 0. The molecule has 1 aromatic rings. The van der Waals surface area contributed by atoms with Crippen LogP contribution in [0.25, 0.3) is 0 Å². The van der Waals surface area contributed by atoms with Gasteiger partial charge in [0.1, 0.15) is 5.78 Å². The Bertz CT molecular complexity index is 522. The summed E-state index contributed by atoms with van der Waals surface area (Å²) in [5.74, 6) is -0.817. The van der Waals surface area contributed by atoms with E-state index in [1.165, 1.54) is 14.0 Å². The third-order valence-electron chi connectivity index (χ3n) is 3.28. The SMILES string of the molecule is CC(=O)CCC1C(=O)N(C)C(=O)c2ccccc21. The van der Waals surface area contributed by atoms with E-state index in [1.54, 1.807) is 18.2 Å². The molecule has 0 saturated heterocycles. The van der Waals surface area contributed by atoms with Crippen molar-refractivity contribution in [2.75, 3.05) is 7.05 Å². The van der Waals surface area contributed by atoms with Gasteiger partial charge in [0.2, 0.25) is 5.91 Å². The van der Waals surface area contributed by atoms with Gasteiger partial charge in [-0.05, 0) is 25.0 Å². The quantitative estimate of drug-likeness (QED) is 0.762. The predicted octanol–water partition coefficient (Wildman–Crippen LogP) is 1.75. The van der Waals surface area contributed by atoms with Crippen molar-refractivity contribution in [3.8, 4) is 0 Å². The van der Waals surface area contributed by atoms with E-state index in [0.717, 1.165) is 10.5 Å². The average molecular weight is 245 g/mol. The van der Waals surface area contributed by atoms with Crippen molar-refractivity contribution in [3.63, 3.8) is 0 Å². The van der Waals surface area contributed by atoms with E-state index in [9.17, 15) is 14.4 Å². The molecule has 1 aliphatic rings. The molecule has 1 atom stereocenters. The van der Waals surface area contributed by atoms with Gasteiger partial charge in [-0.1, -0.05) is 18.2 Å². The highest BCUT2D eigenvalue weighted by atomic mass is 16.2. The van der Waals surface area contributed by atoms with Crippen molar-refractivity contribution < 1.29 is 14.4 Å². The van der Waals surface area contributed by atoms with Crippen LogP contribution in [0.5, 0.6) is 0 Å². The summed E-state index contributed by atoms with van der Waals surface area (Å²) in [7, 11) is 1.49. The zero-order chi connectivity index (χ0) is 13.3. The van der Waals surface area contributed by atoms with Gasteiger partial charge in [0.15, 0.2) is 0 Å². The summed E-state index contributed by atoms with van der Waals surface area (Å²) in [6, 6.07) is 7.11. The van der Waals surface area contributed by atoms with Crippen molar-refractivity contribution in [1.29, 1.82) is 0 Å². The Morgan fingerprint density at radius 2 is 1.94 bits per heavy atom. The van der Waals surface area contributed by atoms with E-state index < -0.39 is 0 Å². The highest BCUT2D eigenvalue weighted by Crippen LogP contribution is 2.31. The minimum Gasteiger partial charge on any atom is -0.300 e. The van der Waals surface area contributed by atoms with E-state index in [-0.39, 0.29) is 23.5 Å². The van der Waals surface area contributed by atoms with Gasteiger partial charge >= 0.3 is 0 Å². The van der Waals surface area contributed by atoms with Crippen LogP contribution in [0.4, 0.5) is 0 Å². The minimum absolute atomic E-state index is 0.0554. The normalized spacial score (nSPS) is 18.8. The van der Waals surface area contributed by atoms with Crippen molar-refractivity contribution in [2.45, 2.75) is 25.7 Å². The molecule has 0 radical (unpaired) electrons. The third kappa shape index (κ3) is 2.06. The Balaban J connectivity index is 2.39. The van der Waals surface area contributed by atoms with Gasteiger partial charge in [0, 0.05) is 19.0 Å². The minimum atomic E-state index is -0.382. The first-order chi connectivity index (χ1) is 8.52. The van der Waals surface area contributed by atoms with E-state index in [2.05, 4.69) is 0 Å². The number of likely N-dealkylation sites (N-methyl/N-ethyl adjacent to an activating group) is 1. The van der Waals surface area contributed by atoms with Crippen molar-refractivity contribution >= 4 is 17.6 Å². The number of imide groups is 1. The lowest BCUT2D eigenvalue weighted by molar-refractivity contribution is -0.130. The molecule has 0 aliphatic carbocycles. The highest BCUT2D eigenvalue weighted by Gasteiger charge is 2.35. The molecule has 0 N–H and O–H groups in total. The molecule has 0 aromatic heterocycles. The number of hydrogen-bond donors (Lipinski definition) is 0. The van der Waals surface area contributed by atoms with E-state index in [4.69, 9.17) is 0 Å². The van der Waals surface area contributed by atoms with Crippen LogP contribution in [-0.2, 0) is 9.59 Å². The largest absolute Gasteiger partial charge is 0.300 e. The van der Waals surface area contributed by atoms with Gasteiger partial charge in [0.25, 0.3) is 5.91 Å². The maximum atomic E-state index is 12.1. The lowest BCUT2D eigenvalue weighted by Crippen LogP contribution is -2.42. The number of nitrogens with zero attached hydrogens (tertiary/aromatic N) is 1. The van der Waals surface area contributed by atoms with Gasteiger partial charge < -0.3 is 4.79 Å². The molecule has 94 valence electrons. The molecule has 1 heterocycles. The number of amides is 2. The summed E-state index contributed by atoms with van der Waals surface area (Å²) in [5, 5.41) is 0. The van der Waals surface area contributed by atoms with Crippen LogP contribution in [0.2, 0.25) is 0 Å². The molecular weight excluding hydrogens is 230 g/mol. The molecule has 0 bridgehead atoms. The monoisotopic (exact) mass is 245 g/mol. The molecular formula is C14H15NO3. The first-order valence-electron chi connectivity index (χ1n) is 5.92. The molecule has 1 aliphatic heterocycles. The fourth-order valence-electron chi connectivity index (χ4n) is 2.27.